The van der Waals surface area contributed by atoms with Crippen LogP contribution in [0, 0.1) is 0 Å². The van der Waals surface area contributed by atoms with Gasteiger partial charge in [0.15, 0.2) is 0 Å². The van der Waals surface area contributed by atoms with Gasteiger partial charge >= 0.3 is 5.97 Å². The standard InChI is InChI=1S/C16H16BrNO2S/c1-2-21-14-5-3-4-13(15(14)16(19)20)18-10-11-6-8-12(17)9-7-11/h3-9,18H,2,10H2,1H3,(H,19,20). The number of hydrogen-bond acceptors (Lipinski definition) is 3. The first-order chi connectivity index (χ1) is 10.1. The van der Waals surface area contributed by atoms with Crippen molar-refractivity contribution in [3.63, 3.8) is 0 Å². The monoisotopic (exact) mass is 365 g/mol. The fourth-order valence-electron chi connectivity index (χ4n) is 1.97. The van der Waals surface area contributed by atoms with E-state index in [1.165, 1.54) is 0 Å². The SMILES string of the molecule is CCSc1cccc(NCc2ccc(Br)cc2)c1C(=O)O. The topological polar surface area (TPSA) is 49.3 Å². The fraction of sp³-hybridized carbons (Fsp3) is 0.188. The van der Waals surface area contributed by atoms with Crippen LogP contribution in [-0.2, 0) is 6.54 Å². The van der Waals surface area contributed by atoms with E-state index in [2.05, 4.69) is 21.2 Å². The first kappa shape index (κ1) is 15.9. The Balaban J connectivity index is 2.21. The zero-order valence-electron chi connectivity index (χ0n) is 11.6. The van der Waals surface area contributed by atoms with Crippen molar-refractivity contribution in [2.24, 2.45) is 0 Å². The van der Waals surface area contributed by atoms with Gasteiger partial charge in [-0.05, 0) is 35.6 Å². The molecule has 0 heterocycles. The van der Waals surface area contributed by atoms with Crippen LogP contribution in [0.2, 0.25) is 0 Å². The third kappa shape index (κ3) is 4.25. The fourth-order valence-corrected chi connectivity index (χ4v) is 3.07. The summed E-state index contributed by atoms with van der Waals surface area (Å²) in [5.41, 5.74) is 2.11. The number of rotatable bonds is 6. The van der Waals surface area contributed by atoms with Crippen LogP contribution >= 0.6 is 27.7 Å². The van der Waals surface area contributed by atoms with Gasteiger partial charge in [-0.25, -0.2) is 4.79 Å². The third-order valence-electron chi connectivity index (χ3n) is 2.94. The van der Waals surface area contributed by atoms with Gasteiger partial charge in [-0.15, -0.1) is 11.8 Å². The molecule has 5 heteroatoms. The first-order valence-corrected chi connectivity index (χ1v) is 8.37. The maximum Gasteiger partial charge on any atom is 0.338 e. The molecular weight excluding hydrogens is 350 g/mol. The maximum absolute atomic E-state index is 11.5. The molecule has 0 fully saturated rings. The van der Waals surface area contributed by atoms with Crippen LogP contribution in [0.3, 0.4) is 0 Å². The molecule has 2 aromatic rings. The molecule has 0 unspecified atom stereocenters. The van der Waals surface area contributed by atoms with Crippen molar-refractivity contribution >= 4 is 39.3 Å². The maximum atomic E-state index is 11.5. The first-order valence-electron chi connectivity index (χ1n) is 6.59. The molecule has 0 atom stereocenters. The lowest BCUT2D eigenvalue weighted by atomic mass is 10.1. The minimum atomic E-state index is -0.898. The molecular formula is C16H16BrNO2S. The summed E-state index contributed by atoms with van der Waals surface area (Å²) < 4.78 is 1.03. The van der Waals surface area contributed by atoms with Crippen molar-refractivity contribution in [1.29, 1.82) is 0 Å². The Labute approximate surface area is 136 Å². The van der Waals surface area contributed by atoms with E-state index in [0.29, 0.717) is 17.8 Å². The van der Waals surface area contributed by atoms with Gasteiger partial charge in [0.25, 0.3) is 0 Å². The molecule has 0 spiro atoms. The highest BCUT2D eigenvalue weighted by Gasteiger charge is 2.15. The average Bonchev–Trinajstić information content (AvgIpc) is 2.47. The second-order valence-electron chi connectivity index (χ2n) is 4.40. The van der Waals surface area contributed by atoms with E-state index in [4.69, 9.17) is 0 Å². The Kier molecular flexibility index (Phi) is 5.70. The number of nitrogens with one attached hydrogen (secondary N) is 1. The lowest BCUT2D eigenvalue weighted by molar-refractivity contribution is 0.0694. The van der Waals surface area contributed by atoms with Gasteiger partial charge in [-0.2, -0.15) is 0 Å². The zero-order valence-corrected chi connectivity index (χ0v) is 14.0. The van der Waals surface area contributed by atoms with Crippen LogP contribution in [0.4, 0.5) is 5.69 Å². The minimum Gasteiger partial charge on any atom is -0.478 e. The molecule has 0 saturated heterocycles. The normalized spacial score (nSPS) is 10.4. The molecule has 0 amide bonds. The van der Waals surface area contributed by atoms with Crippen molar-refractivity contribution in [3.8, 4) is 0 Å². The predicted molar refractivity (Wildman–Crippen MR) is 91.3 cm³/mol. The molecule has 0 radical (unpaired) electrons. The Morgan fingerprint density at radius 2 is 1.95 bits per heavy atom. The van der Waals surface area contributed by atoms with Gasteiger partial charge < -0.3 is 10.4 Å². The predicted octanol–water partition coefficient (Wildman–Crippen LogP) is 4.87. The highest BCUT2D eigenvalue weighted by molar-refractivity contribution is 9.10. The van der Waals surface area contributed by atoms with Crippen LogP contribution in [-0.4, -0.2) is 16.8 Å². The van der Waals surface area contributed by atoms with Crippen LogP contribution in [0.1, 0.15) is 22.8 Å². The number of anilines is 1. The van der Waals surface area contributed by atoms with Crippen molar-refractivity contribution in [2.45, 2.75) is 18.4 Å². The summed E-state index contributed by atoms with van der Waals surface area (Å²) in [6.07, 6.45) is 0. The summed E-state index contributed by atoms with van der Waals surface area (Å²) in [7, 11) is 0. The Hall–Kier alpha value is -1.46. The van der Waals surface area contributed by atoms with Crippen LogP contribution in [0.5, 0.6) is 0 Å². The Morgan fingerprint density at radius 1 is 1.24 bits per heavy atom. The van der Waals surface area contributed by atoms with Gasteiger partial charge in [0.1, 0.15) is 0 Å². The number of aromatic carboxylic acids is 1. The van der Waals surface area contributed by atoms with Gasteiger partial charge in [-0.3, -0.25) is 0 Å². The van der Waals surface area contributed by atoms with Crippen molar-refractivity contribution < 1.29 is 9.90 Å². The van der Waals surface area contributed by atoms with Gasteiger partial charge in [0.2, 0.25) is 0 Å². The van der Waals surface area contributed by atoms with E-state index in [1.54, 1.807) is 11.8 Å². The number of carboxylic acid groups (broad SMARTS) is 1. The van der Waals surface area contributed by atoms with Crippen molar-refractivity contribution in [3.05, 3.63) is 58.1 Å². The van der Waals surface area contributed by atoms with Crippen molar-refractivity contribution in [1.82, 2.24) is 0 Å². The zero-order chi connectivity index (χ0) is 15.2. The molecule has 0 aliphatic heterocycles. The van der Waals surface area contributed by atoms with E-state index in [-0.39, 0.29) is 0 Å². The molecule has 2 N–H and O–H groups in total. The van der Waals surface area contributed by atoms with Crippen LogP contribution < -0.4 is 5.32 Å². The van der Waals surface area contributed by atoms with Crippen molar-refractivity contribution in [2.75, 3.05) is 11.1 Å². The third-order valence-corrected chi connectivity index (χ3v) is 4.40. The molecule has 2 rings (SSSR count). The summed E-state index contributed by atoms with van der Waals surface area (Å²) in [6, 6.07) is 13.5. The number of carbonyl (C=O) groups is 1. The quantitative estimate of drug-likeness (QED) is 0.716. The second kappa shape index (κ2) is 7.52. The smallest absolute Gasteiger partial charge is 0.338 e. The van der Waals surface area contributed by atoms with E-state index in [9.17, 15) is 9.90 Å². The van der Waals surface area contributed by atoms with Crippen LogP contribution in [0.25, 0.3) is 0 Å². The number of carboxylic acids is 1. The molecule has 110 valence electrons. The molecule has 0 bridgehead atoms. The number of halogens is 1. The summed E-state index contributed by atoms with van der Waals surface area (Å²) in [5, 5.41) is 12.7. The van der Waals surface area contributed by atoms with E-state index in [1.807, 2.05) is 49.4 Å². The molecule has 0 aliphatic carbocycles. The average molecular weight is 366 g/mol. The number of thioether (sulfide) groups is 1. The van der Waals surface area contributed by atoms with Gasteiger partial charge in [0, 0.05) is 15.9 Å². The lowest BCUT2D eigenvalue weighted by Crippen LogP contribution is -2.08. The lowest BCUT2D eigenvalue weighted by Gasteiger charge is -2.13. The van der Waals surface area contributed by atoms with E-state index in [0.717, 1.165) is 20.7 Å². The number of hydrogen-bond donors (Lipinski definition) is 2. The summed E-state index contributed by atoms with van der Waals surface area (Å²) in [6.45, 7) is 2.60. The largest absolute Gasteiger partial charge is 0.478 e. The van der Waals surface area contributed by atoms with E-state index >= 15 is 0 Å². The minimum absolute atomic E-state index is 0.349. The molecule has 2 aromatic carbocycles. The highest BCUT2D eigenvalue weighted by Crippen LogP contribution is 2.29. The Bertz CT molecular complexity index is 629. The van der Waals surface area contributed by atoms with Gasteiger partial charge in [-0.1, -0.05) is 41.1 Å². The van der Waals surface area contributed by atoms with Crippen LogP contribution in [0.15, 0.2) is 51.8 Å². The van der Waals surface area contributed by atoms with Gasteiger partial charge in [0.05, 0.1) is 11.3 Å². The molecule has 0 aliphatic rings. The highest BCUT2D eigenvalue weighted by atomic mass is 79.9. The number of benzene rings is 2. The molecule has 0 aromatic heterocycles. The molecule has 0 saturated carbocycles. The van der Waals surface area contributed by atoms with E-state index < -0.39 is 5.97 Å². The Morgan fingerprint density at radius 3 is 2.57 bits per heavy atom. The molecule has 21 heavy (non-hydrogen) atoms. The summed E-state index contributed by atoms with van der Waals surface area (Å²) in [4.78, 5) is 12.3. The second-order valence-corrected chi connectivity index (χ2v) is 6.62. The summed E-state index contributed by atoms with van der Waals surface area (Å²) >= 11 is 4.94. The molecule has 3 nitrogen and oxygen atoms in total. The summed E-state index contributed by atoms with van der Waals surface area (Å²) in [5.74, 6) is -0.0546.